The molecule has 9 nitrogen and oxygen atoms in total. The first-order valence-electron chi connectivity index (χ1n) is 11.4. The summed E-state index contributed by atoms with van der Waals surface area (Å²) in [6.45, 7) is 5.34. The van der Waals surface area contributed by atoms with Gasteiger partial charge in [0.2, 0.25) is 0 Å². The lowest BCUT2D eigenvalue weighted by Crippen LogP contribution is -2.49. The minimum atomic E-state index is -4.08. The highest BCUT2D eigenvalue weighted by molar-refractivity contribution is 7.92. The van der Waals surface area contributed by atoms with E-state index in [1.54, 1.807) is 0 Å². The van der Waals surface area contributed by atoms with E-state index in [4.69, 9.17) is 4.52 Å². The van der Waals surface area contributed by atoms with Crippen molar-refractivity contribution in [3.8, 4) is 0 Å². The van der Waals surface area contributed by atoms with Gasteiger partial charge in [-0.1, -0.05) is 24.4 Å². The van der Waals surface area contributed by atoms with Gasteiger partial charge in [-0.15, -0.1) is 0 Å². The molecule has 0 radical (unpaired) electrons. The molecule has 1 aliphatic heterocycles. The number of nitrogens with zero attached hydrogens (tertiary/aromatic N) is 3. The van der Waals surface area contributed by atoms with Gasteiger partial charge in [0.05, 0.1) is 0 Å². The zero-order valence-electron chi connectivity index (χ0n) is 19.0. The van der Waals surface area contributed by atoms with E-state index < -0.39 is 20.9 Å². The topological polar surface area (TPSA) is 113 Å². The molecule has 1 aromatic heterocycles. The van der Waals surface area contributed by atoms with E-state index >= 15 is 0 Å². The van der Waals surface area contributed by atoms with Crippen LogP contribution in [0.5, 0.6) is 0 Å². The third-order valence-corrected chi connectivity index (χ3v) is 8.63. The maximum absolute atomic E-state index is 12.8. The molecule has 2 heterocycles. The number of sulfonamides is 1. The molecule has 2 aromatic rings. The van der Waals surface area contributed by atoms with Gasteiger partial charge in [0.1, 0.15) is 17.1 Å². The van der Waals surface area contributed by atoms with Gasteiger partial charge < -0.3 is 14.3 Å². The summed E-state index contributed by atoms with van der Waals surface area (Å²) in [5.74, 6) is 0.905. The Morgan fingerprint density at radius 3 is 2.31 bits per heavy atom. The van der Waals surface area contributed by atoms with Crippen LogP contribution in [0.4, 0.5) is 11.4 Å². The van der Waals surface area contributed by atoms with Gasteiger partial charge in [0, 0.05) is 25.7 Å². The molecule has 176 valence electrons. The zero-order valence-corrected chi connectivity index (χ0v) is 19.8. The average Bonchev–Trinajstić information content (AvgIpc) is 3.13. The van der Waals surface area contributed by atoms with Crippen LogP contribution in [0.15, 0.2) is 19.0 Å². The van der Waals surface area contributed by atoms with Crippen molar-refractivity contribution in [3.05, 3.63) is 31.9 Å². The van der Waals surface area contributed by atoms with Crippen molar-refractivity contribution in [2.24, 2.45) is 5.92 Å². The Morgan fingerprint density at radius 2 is 1.72 bits per heavy atom. The van der Waals surface area contributed by atoms with E-state index in [0.29, 0.717) is 19.1 Å². The monoisotopic (exact) mass is 464 g/mol. The molecule has 0 spiro atoms. The molecule has 1 aliphatic carbocycles. The van der Waals surface area contributed by atoms with Crippen LogP contribution in [0.25, 0.3) is 0 Å². The molecule has 2 fully saturated rings. The summed E-state index contributed by atoms with van der Waals surface area (Å²) >= 11 is 0. The first-order valence-corrected chi connectivity index (χ1v) is 12.9. The molecule has 1 saturated heterocycles. The molecule has 32 heavy (non-hydrogen) atoms. The molecule has 0 atom stereocenters. The van der Waals surface area contributed by atoms with Gasteiger partial charge in [-0.25, -0.2) is 8.42 Å². The average molecular weight is 465 g/mol. The highest BCUT2D eigenvalue weighted by Gasteiger charge is 2.34. The molecule has 0 amide bonds. The number of hydrogen-bond acceptors (Lipinski definition) is 8. The molecule has 1 N–H and O–H groups in total. The van der Waals surface area contributed by atoms with Crippen molar-refractivity contribution >= 4 is 21.4 Å². The Balaban J connectivity index is 1.42. The molecule has 10 heteroatoms. The van der Waals surface area contributed by atoms with Crippen LogP contribution in [-0.4, -0.2) is 51.2 Å². The van der Waals surface area contributed by atoms with Crippen LogP contribution < -0.4 is 20.5 Å². The van der Waals surface area contributed by atoms with Crippen molar-refractivity contribution in [1.29, 1.82) is 0 Å². The quantitative estimate of drug-likeness (QED) is 0.621. The van der Waals surface area contributed by atoms with E-state index in [9.17, 15) is 18.0 Å². The number of rotatable bonds is 7. The van der Waals surface area contributed by atoms with Crippen LogP contribution in [-0.2, 0) is 10.0 Å². The number of aryl methyl sites for hydroxylation is 2. The fourth-order valence-corrected chi connectivity index (χ4v) is 6.68. The SMILES string of the molecule is Cc1noc(C)c1S(=O)(=O)Nc1c(N2CCC(N(C)CC3CCCCC3)CC2)c(=O)c1=O. The van der Waals surface area contributed by atoms with Crippen molar-refractivity contribution in [3.63, 3.8) is 0 Å². The molecule has 1 saturated carbocycles. The van der Waals surface area contributed by atoms with Crippen LogP contribution in [0, 0.1) is 19.8 Å². The van der Waals surface area contributed by atoms with E-state index in [1.807, 2.05) is 4.90 Å². The predicted octanol–water partition coefficient (Wildman–Crippen LogP) is 2.17. The third-order valence-electron chi connectivity index (χ3n) is 7.03. The van der Waals surface area contributed by atoms with Crippen LogP contribution in [0.3, 0.4) is 0 Å². The number of aromatic nitrogens is 1. The second kappa shape index (κ2) is 8.97. The summed E-state index contributed by atoms with van der Waals surface area (Å²) in [5.41, 5.74) is -1.19. The summed E-state index contributed by atoms with van der Waals surface area (Å²) in [6.07, 6.45) is 8.36. The predicted molar refractivity (Wildman–Crippen MR) is 123 cm³/mol. The minimum absolute atomic E-state index is 0.0976. The first kappa shape index (κ1) is 23.0. The fourth-order valence-electron chi connectivity index (χ4n) is 5.28. The van der Waals surface area contributed by atoms with Gasteiger partial charge in [-0.05, 0) is 52.5 Å². The van der Waals surface area contributed by atoms with E-state index in [1.165, 1.54) is 46.0 Å². The number of hydrogen-bond donors (Lipinski definition) is 1. The van der Waals surface area contributed by atoms with Crippen molar-refractivity contribution in [2.75, 3.05) is 36.3 Å². The highest BCUT2D eigenvalue weighted by atomic mass is 32.2. The lowest BCUT2D eigenvalue weighted by molar-refractivity contribution is 0.161. The molecular weight excluding hydrogens is 432 g/mol. The number of anilines is 2. The lowest BCUT2D eigenvalue weighted by Gasteiger charge is -2.40. The summed E-state index contributed by atoms with van der Waals surface area (Å²) < 4.78 is 32.9. The van der Waals surface area contributed by atoms with Crippen LogP contribution >= 0.6 is 0 Å². The molecule has 1 aromatic carbocycles. The second-order valence-electron chi connectivity index (χ2n) is 9.30. The van der Waals surface area contributed by atoms with Gasteiger partial charge in [-0.2, -0.15) is 0 Å². The Labute approximate surface area is 188 Å². The molecule has 0 unspecified atom stereocenters. The Kier molecular flexibility index (Phi) is 6.44. The van der Waals surface area contributed by atoms with Crippen molar-refractivity contribution < 1.29 is 12.9 Å². The summed E-state index contributed by atoms with van der Waals surface area (Å²) in [4.78, 5) is 28.7. The maximum atomic E-state index is 12.8. The van der Waals surface area contributed by atoms with E-state index in [0.717, 1.165) is 25.3 Å². The first-order chi connectivity index (χ1) is 15.2. The fraction of sp³-hybridized carbons (Fsp3) is 0.682. The minimum Gasteiger partial charge on any atom is -0.366 e. The van der Waals surface area contributed by atoms with E-state index in [2.05, 4.69) is 21.8 Å². The number of nitrogens with one attached hydrogen (secondary N) is 1. The number of piperidine rings is 1. The second-order valence-corrected chi connectivity index (χ2v) is 10.9. The van der Waals surface area contributed by atoms with Gasteiger partial charge in [-0.3, -0.25) is 14.3 Å². The van der Waals surface area contributed by atoms with Gasteiger partial charge in [0.25, 0.3) is 20.9 Å². The highest BCUT2D eigenvalue weighted by Crippen LogP contribution is 2.30. The largest absolute Gasteiger partial charge is 0.366 e. The van der Waals surface area contributed by atoms with E-state index in [-0.39, 0.29) is 27.7 Å². The van der Waals surface area contributed by atoms with Gasteiger partial charge in [0.15, 0.2) is 10.7 Å². The Morgan fingerprint density at radius 1 is 1.06 bits per heavy atom. The standard InChI is InChI=1S/C22H32N4O5S/c1-14-22(15(2)31-23-14)32(29,30)24-18-19(21(28)20(18)27)26-11-9-17(10-12-26)25(3)13-16-7-5-4-6-8-16/h16-17,24H,4-13H2,1-3H3. The third kappa shape index (κ3) is 4.34. The molecule has 4 rings (SSSR count). The van der Waals surface area contributed by atoms with Crippen LogP contribution in [0.1, 0.15) is 56.4 Å². The Hall–Kier alpha value is -2.20. The molecule has 2 aliphatic rings. The summed E-state index contributed by atoms with van der Waals surface area (Å²) in [5, 5.41) is 3.67. The smallest absolute Gasteiger partial charge is 0.267 e. The normalized spacial score (nSPS) is 19.2. The van der Waals surface area contributed by atoms with Crippen LogP contribution in [0.2, 0.25) is 0 Å². The van der Waals surface area contributed by atoms with Crippen molar-refractivity contribution in [1.82, 2.24) is 10.1 Å². The van der Waals surface area contributed by atoms with Gasteiger partial charge >= 0.3 is 0 Å². The Bertz CT molecular complexity index is 1110. The lowest BCUT2D eigenvalue weighted by atomic mass is 9.88. The summed E-state index contributed by atoms with van der Waals surface area (Å²) in [7, 11) is -1.90. The zero-order chi connectivity index (χ0) is 23.0. The maximum Gasteiger partial charge on any atom is 0.267 e. The molecular formula is C22H32N4O5S. The molecule has 0 bridgehead atoms. The summed E-state index contributed by atoms with van der Waals surface area (Å²) in [6, 6.07) is 0.433. The van der Waals surface area contributed by atoms with Crippen molar-refractivity contribution in [2.45, 2.75) is 69.7 Å².